The van der Waals surface area contributed by atoms with Crippen LogP contribution in [0.2, 0.25) is 5.02 Å². The van der Waals surface area contributed by atoms with Gasteiger partial charge in [0.15, 0.2) is 0 Å². The van der Waals surface area contributed by atoms with E-state index in [1.165, 1.54) is 0 Å². The molecule has 0 spiro atoms. The molecule has 0 fully saturated rings. The van der Waals surface area contributed by atoms with Gasteiger partial charge in [0.2, 0.25) is 0 Å². The van der Waals surface area contributed by atoms with Crippen LogP contribution in [0.3, 0.4) is 0 Å². The first-order valence-corrected chi connectivity index (χ1v) is 7.21. The van der Waals surface area contributed by atoms with Crippen molar-refractivity contribution in [1.29, 1.82) is 0 Å². The molecule has 0 aliphatic heterocycles. The minimum absolute atomic E-state index is 0.266. The number of rotatable bonds is 7. The Bertz CT molecular complexity index is 513. The molecule has 0 saturated carbocycles. The zero-order chi connectivity index (χ0) is 14.4. The summed E-state index contributed by atoms with van der Waals surface area (Å²) in [6.45, 7) is 1.80. The molecule has 0 radical (unpaired) electrons. The van der Waals surface area contributed by atoms with E-state index in [2.05, 4.69) is 23.3 Å². The zero-order valence-electron chi connectivity index (χ0n) is 12.0. The molecule has 3 nitrogen and oxygen atoms in total. The van der Waals surface area contributed by atoms with Gasteiger partial charge < -0.3 is 9.73 Å². The molecule has 1 N–H and O–H groups in total. The first-order valence-electron chi connectivity index (χ1n) is 6.83. The smallest absolute Gasteiger partial charge is 0.117 e. The van der Waals surface area contributed by atoms with Gasteiger partial charge in [0.25, 0.3) is 0 Å². The summed E-state index contributed by atoms with van der Waals surface area (Å²) in [5.41, 5.74) is 1.16. The standard InChI is InChI=1S/C16H21ClN2O/c1-18-16(14-7-3-4-8-15(14)17)9-10-19(2)12-13-6-5-11-20-13/h3-8,11,16,18H,9-10,12H2,1-2H3. The maximum absolute atomic E-state index is 6.26. The quantitative estimate of drug-likeness (QED) is 0.843. The first kappa shape index (κ1) is 15.1. The van der Waals surface area contributed by atoms with Crippen molar-refractivity contribution in [3.8, 4) is 0 Å². The average Bonchev–Trinajstić information content (AvgIpc) is 2.94. The second-order valence-electron chi connectivity index (χ2n) is 4.97. The molecule has 0 bridgehead atoms. The van der Waals surface area contributed by atoms with Crippen LogP contribution in [-0.2, 0) is 6.54 Å². The maximum atomic E-state index is 6.26. The highest BCUT2D eigenvalue weighted by molar-refractivity contribution is 6.31. The van der Waals surface area contributed by atoms with Crippen molar-refractivity contribution in [2.75, 3.05) is 20.6 Å². The van der Waals surface area contributed by atoms with Crippen LogP contribution < -0.4 is 5.32 Å². The number of halogens is 1. The molecule has 108 valence electrons. The van der Waals surface area contributed by atoms with Crippen LogP contribution in [0.5, 0.6) is 0 Å². The van der Waals surface area contributed by atoms with Crippen molar-refractivity contribution in [3.63, 3.8) is 0 Å². The van der Waals surface area contributed by atoms with Crippen LogP contribution in [0.4, 0.5) is 0 Å². The number of nitrogens with one attached hydrogen (secondary N) is 1. The van der Waals surface area contributed by atoms with Crippen LogP contribution in [0, 0.1) is 0 Å². The van der Waals surface area contributed by atoms with Crippen molar-refractivity contribution in [2.45, 2.75) is 19.0 Å². The van der Waals surface area contributed by atoms with E-state index in [0.717, 1.165) is 35.9 Å². The van der Waals surface area contributed by atoms with Crippen molar-refractivity contribution < 1.29 is 4.42 Å². The predicted molar refractivity (Wildman–Crippen MR) is 82.9 cm³/mol. The molecule has 0 aliphatic carbocycles. The maximum Gasteiger partial charge on any atom is 0.117 e. The van der Waals surface area contributed by atoms with Crippen molar-refractivity contribution in [2.24, 2.45) is 0 Å². The minimum atomic E-state index is 0.266. The van der Waals surface area contributed by atoms with Gasteiger partial charge in [0.1, 0.15) is 5.76 Å². The Labute approximate surface area is 125 Å². The molecule has 0 saturated heterocycles. The van der Waals surface area contributed by atoms with E-state index >= 15 is 0 Å². The Morgan fingerprint density at radius 1 is 1.25 bits per heavy atom. The van der Waals surface area contributed by atoms with E-state index < -0.39 is 0 Å². The summed E-state index contributed by atoms with van der Waals surface area (Å²) in [5.74, 6) is 0.992. The van der Waals surface area contributed by atoms with Crippen LogP contribution in [0.1, 0.15) is 23.8 Å². The monoisotopic (exact) mass is 292 g/mol. The third kappa shape index (κ3) is 4.10. The summed E-state index contributed by atoms with van der Waals surface area (Å²) in [7, 11) is 4.07. The number of furan rings is 1. The van der Waals surface area contributed by atoms with E-state index in [0.29, 0.717) is 0 Å². The van der Waals surface area contributed by atoms with E-state index in [4.69, 9.17) is 16.0 Å². The lowest BCUT2D eigenvalue weighted by atomic mass is 10.0. The summed E-state index contributed by atoms with van der Waals surface area (Å²) in [5, 5.41) is 4.16. The second kappa shape index (κ2) is 7.48. The Kier molecular flexibility index (Phi) is 5.65. The van der Waals surface area contributed by atoms with Crippen molar-refractivity contribution in [3.05, 3.63) is 59.0 Å². The van der Waals surface area contributed by atoms with Gasteiger partial charge >= 0.3 is 0 Å². The summed E-state index contributed by atoms with van der Waals surface area (Å²) >= 11 is 6.26. The topological polar surface area (TPSA) is 28.4 Å². The Balaban J connectivity index is 1.89. The fourth-order valence-electron chi connectivity index (χ4n) is 2.31. The largest absolute Gasteiger partial charge is 0.468 e. The van der Waals surface area contributed by atoms with E-state index in [-0.39, 0.29) is 6.04 Å². The van der Waals surface area contributed by atoms with Gasteiger partial charge in [-0.2, -0.15) is 0 Å². The lowest BCUT2D eigenvalue weighted by Gasteiger charge is -2.22. The lowest BCUT2D eigenvalue weighted by molar-refractivity contribution is 0.278. The first-order chi connectivity index (χ1) is 9.70. The third-order valence-electron chi connectivity index (χ3n) is 3.43. The molecule has 1 aromatic carbocycles. The van der Waals surface area contributed by atoms with Gasteiger partial charge in [-0.1, -0.05) is 29.8 Å². The molecule has 4 heteroatoms. The number of hydrogen-bond donors (Lipinski definition) is 1. The molecule has 2 rings (SSSR count). The van der Waals surface area contributed by atoms with Crippen LogP contribution in [-0.4, -0.2) is 25.5 Å². The highest BCUT2D eigenvalue weighted by atomic mass is 35.5. The Morgan fingerprint density at radius 2 is 2.05 bits per heavy atom. The van der Waals surface area contributed by atoms with Crippen molar-refractivity contribution in [1.82, 2.24) is 10.2 Å². The van der Waals surface area contributed by atoms with Gasteiger partial charge in [0.05, 0.1) is 12.8 Å². The molecule has 1 unspecified atom stereocenters. The predicted octanol–water partition coefficient (Wildman–Crippen LogP) is 3.72. The fourth-order valence-corrected chi connectivity index (χ4v) is 2.58. The molecule has 2 aromatic rings. The minimum Gasteiger partial charge on any atom is -0.468 e. The summed E-state index contributed by atoms with van der Waals surface area (Å²) in [4.78, 5) is 2.25. The molecule has 0 amide bonds. The van der Waals surface area contributed by atoms with Gasteiger partial charge in [0, 0.05) is 17.6 Å². The zero-order valence-corrected chi connectivity index (χ0v) is 12.7. The molecule has 1 aromatic heterocycles. The van der Waals surface area contributed by atoms with E-state index in [1.807, 2.05) is 37.4 Å². The van der Waals surface area contributed by atoms with Crippen LogP contribution in [0.15, 0.2) is 47.1 Å². The van der Waals surface area contributed by atoms with Crippen LogP contribution >= 0.6 is 11.6 Å². The highest BCUT2D eigenvalue weighted by Gasteiger charge is 2.13. The Morgan fingerprint density at radius 3 is 2.70 bits per heavy atom. The molecular formula is C16H21ClN2O. The lowest BCUT2D eigenvalue weighted by Crippen LogP contribution is -2.25. The normalized spacial score (nSPS) is 12.8. The number of benzene rings is 1. The van der Waals surface area contributed by atoms with Crippen molar-refractivity contribution >= 4 is 11.6 Å². The molecule has 20 heavy (non-hydrogen) atoms. The second-order valence-corrected chi connectivity index (χ2v) is 5.38. The van der Waals surface area contributed by atoms with E-state index in [1.54, 1.807) is 6.26 Å². The number of hydrogen-bond acceptors (Lipinski definition) is 3. The molecule has 1 atom stereocenters. The van der Waals surface area contributed by atoms with Gasteiger partial charge in [-0.15, -0.1) is 0 Å². The Hall–Kier alpha value is -1.29. The third-order valence-corrected chi connectivity index (χ3v) is 3.78. The average molecular weight is 293 g/mol. The van der Waals surface area contributed by atoms with Gasteiger partial charge in [-0.3, -0.25) is 4.90 Å². The van der Waals surface area contributed by atoms with Gasteiger partial charge in [-0.05, 0) is 44.3 Å². The summed E-state index contributed by atoms with van der Waals surface area (Å²) < 4.78 is 5.36. The molecule has 1 heterocycles. The summed E-state index contributed by atoms with van der Waals surface area (Å²) in [6, 6.07) is 12.2. The molecular weight excluding hydrogens is 272 g/mol. The van der Waals surface area contributed by atoms with Crippen LogP contribution in [0.25, 0.3) is 0 Å². The summed E-state index contributed by atoms with van der Waals surface area (Å²) in [6.07, 6.45) is 2.71. The van der Waals surface area contributed by atoms with E-state index in [9.17, 15) is 0 Å². The van der Waals surface area contributed by atoms with Gasteiger partial charge in [-0.25, -0.2) is 0 Å². The SMILES string of the molecule is CNC(CCN(C)Cc1ccco1)c1ccccc1Cl. The highest BCUT2D eigenvalue weighted by Crippen LogP contribution is 2.24. The fraction of sp³-hybridized carbons (Fsp3) is 0.375. The number of nitrogens with zero attached hydrogens (tertiary/aromatic N) is 1. The molecule has 0 aliphatic rings.